The van der Waals surface area contributed by atoms with Gasteiger partial charge in [-0.05, 0) is 37.9 Å². The van der Waals surface area contributed by atoms with Crippen molar-refractivity contribution in [3.8, 4) is 0 Å². The molecular formula is C20H31N3O3. The van der Waals surface area contributed by atoms with Gasteiger partial charge in [-0.3, -0.25) is 9.78 Å². The van der Waals surface area contributed by atoms with E-state index in [1.165, 1.54) is 12.8 Å². The fourth-order valence-corrected chi connectivity index (χ4v) is 4.30. The van der Waals surface area contributed by atoms with Crippen LogP contribution in [0.2, 0.25) is 0 Å². The van der Waals surface area contributed by atoms with Crippen LogP contribution in [0, 0.1) is 5.41 Å². The average Bonchev–Trinajstić information content (AvgIpc) is 2.67. The van der Waals surface area contributed by atoms with E-state index < -0.39 is 0 Å². The van der Waals surface area contributed by atoms with Crippen molar-refractivity contribution in [2.75, 3.05) is 52.5 Å². The molecule has 2 saturated heterocycles. The van der Waals surface area contributed by atoms with Crippen LogP contribution >= 0.6 is 0 Å². The topological polar surface area (TPSA) is 65.9 Å². The summed E-state index contributed by atoms with van der Waals surface area (Å²) >= 11 is 0. The first-order valence-corrected chi connectivity index (χ1v) is 9.79. The Morgan fingerprint density at radius 3 is 2.92 bits per heavy atom. The zero-order chi connectivity index (χ0) is 18.2. The maximum atomic E-state index is 12.4. The number of aliphatic hydroxyl groups is 1. The number of aliphatic hydroxyl groups excluding tert-OH is 1. The van der Waals surface area contributed by atoms with Crippen LogP contribution in [0.1, 0.15) is 31.4 Å². The van der Waals surface area contributed by atoms with Crippen molar-refractivity contribution in [2.24, 2.45) is 5.41 Å². The zero-order valence-corrected chi connectivity index (χ0v) is 15.6. The highest BCUT2D eigenvalue weighted by atomic mass is 16.5. The molecule has 0 aliphatic carbocycles. The van der Waals surface area contributed by atoms with Crippen molar-refractivity contribution in [2.45, 2.75) is 32.1 Å². The smallest absolute Gasteiger partial charge is 0.222 e. The molecule has 2 aliphatic rings. The van der Waals surface area contributed by atoms with Crippen LogP contribution in [-0.2, 0) is 16.0 Å². The third kappa shape index (κ3) is 5.25. The molecule has 3 rings (SSSR count). The minimum atomic E-state index is 0.0806. The lowest BCUT2D eigenvalue weighted by molar-refractivity contribution is -0.139. The molecule has 6 nitrogen and oxygen atoms in total. The van der Waals surface area contributed by atoms with E-state index >= 15 is 0 Å². The second kappa shape index (κ2) is 9.44. The molecule has 1 amide bonds. The summed E-state index contributed by atoms with van der Waals surface area (Å²) in [5.74, 6) is 0.287. The summed E-state index contributed by atoms with van der Waals surface area (Å²) in [6.45, 7) is 5.84. The van der Waals surface area contributed by atoms with Crippen LogP contribution in [-0.4, -0.2) is 78.3 Å². The predicted octanol–water partition coefficient (Wildman–Crippen LogP) is 1.34. The third-order valence-corrected chi connectivity index (χ3v) is 5.64. The van der Waals surface area contributed by atoms with Gasteiger partial charge in [-0.2, -0.15) is 0 Å². The van der Waals surface area contributed by atoms with Gasteiger partial charge in [0.15, 0.2) is 0 Å². The summed E-state index contributed by atoms with van der Waals surface area (Å²) < 4.78 is 5.42. The van der Waals surface area contributed by atoms with E-state index in [0.717, 1.165) is 51.3 Å². The van der Waals surface area contributed by atoms with Crippen molar-refractivity contribution >= 4 is 5.91 Å². The maximum absolute atomic E-state index is 12.4. The van der Waals surface area contributed by atoms with Crippen LogP contribution < -0.4 is 0 Å². The highest BCUT2D eigenvalue weighted by Gasteiger charge is 2.41. The molecule has 1 N–H and O–H groups in total. The van der Waals surface area contributed by atoms with Crippen LogP contribution in [0.4, 0.5) is 0 Å². The zero-order valence-electron chi connectivity index (χ0n) is 15.6. The van der Waals surface area contributed by atoms with E-state index in [-0.39, 0.29) is 17.9 Å². The minimum absolute atomic E-state index is 0.0806. The number of carbonyl (C=O) groups excluding carboxylic acids is 1. The first kappa shape index (κ1) is 19.3. The Morgan fingerprint density at radius 2 is 2.12 bits per heavy atom. The second-order valence-corrected chi connectivity index (χ2v) is 7.60. The van der Waals surface area contributed by atoms with Gasteiger partial charge in [0.2, 0.25) is 5.91 Å². The van der Waals surface area contributed by atoms with Crippen LogP contribution in [0.3, 0.4) is 0 Å². The van der Waals surface area contributed by atoms with Crippen LogP contribution in [0.25, 0.3) is 0 Å². The number of aromatic nitrogens is 1. The molecule has 6 heteroatoms. The van der Waals surface area contributed by atoms with Crippen molar-refractivity contribution in [1.82, 2.24) is 14.8 Å². The lowest BCUT2D eigenvalue weighted by Gasteiger charge is -2.48. The number of amides is 1. The number of ether oxygens (including phenoxy) is 1. The molecule has 0 saturated carbocycles. The molecule has 26 heavy (non-hydrogen) atoms. The molecule has 1 aromatic heterocycles. The molecule has 2 fully saturated rings. The van der Waals surface area contributed by atoms with E-state index in [2.05, 4.69) is 14.8 Å². The van der Waals surface area contributed by atoms with Gasteiger partial charge < -0.3 is 19.6 Å². The number of hydrogen-bond acceptors (Lipinski definition) is 5. The second-order valence-electron chi connectivity index (χ2n) is 7.60. The Kier molecular flexibility index (Phi) is 7.00. The average molecular weight is 361 g/mol. The Balaban J connectivity index is 1.53. The van der Waals surface area contributed by atoms with Crippen molar-refractivity contribution in [3.63, 3.8) is 0 Å². The van der Waals surface area contributed by atoms with Gasteiger partial charge in [0, 0.05) is 56.3 Å². The number of hydrogen-bond donors (Lipinski definition) is 1. The predicted molar refractivity (Wildman–Crippen MR) is 99.8 cm³/mol. The fourth-order valence-electron chi connectivity index (χ4n) is 4.30. The SMILES string of the molecule is O=C1CCC2(CCCN(CCOCCO)C2)CN1CCc1ccccn1. The quantitative estimate of drug-likeness (QED) is 0.708. The lowest BCUT2D eigenvalue weighted by Crippen LogP contribution is -2.54. The third-order valence-electron chi connectivity index (χ3n) is 5.64. The van der Waals surface area contributed by atoms with Crippen LogP contribution in [0.15, 0.2) is 24.4 Å². The fraction of sp³-hybridized carbons (Fsp3) is 0.700. The first-order valence-electron chi connectivity index (χ1n) is 9.79. The Hall–Kier alpha value is -1.50. The number of nitrogens with zero attached hydrogens (tertiary/aromatic N) is 3. The molecule has 3 heterocycles. The Labute approximate surface area is 156 Å². The van der Waals surface area contributed by atoms with Gasteiger partial charge in [-0.25, -0.2) is 0 Å². The number of rotatable bonds is 8. The van der Waals surface area contributed by atoms with Gasteiger partial charge in [-0.15, -0.1) is 0 Å². The molecule has 2 aliphatic heterocycles. The molecular weight excluding hydrogens is 330 g/mol. The Bertz CT molecular complexity index is 569. The van der Waals surface area contributed by atoms with E-state index in [0.29, 0.717) is 19.6 Å². The van der Waals surface area contributed by atoms with E-state index in [1.54, 1.807) is 0 Å². The van der Waals surface area contributed by atoms with Gasteiger partial charge in [0.1, 0.15) is 0 Å². The number of pyridine rings is 1. The van der Waals surface area contributed by atoms with Gasteiger partial charge in [0.25, 0.3) is 0 Å². The maximum Gasteiger partial charge on any atom is 0.222 e. The molecule has 0 bridgehead atoms. The van der Waals surface area contributed by atoms with Crippen molar-refractivity contribution < 1.29 is 14.6 Å². The molecule has 144 valence electrons. The summed E-state index contributed by atoms with van der Waals surface area (Å²) in [5.41, 5.74) is 1.28. The Morgan fingerprint density at radius 1 is 1.19 bits per heavy atom. The molecule has 1 unspecified atom stereocenters. The molecule has 1 spiro atoms. The van der Waals surface area contributed by atoms with Crippen molar-refractivity contribution in [1.29, 1.82) is 0 Å². The first-order chi connectivity index (χ1) is 12.7. The molecule has 1 atom stereocenters. The number of carbonyl (C=O) groups is 1. The van der Waals surface area contributed by atoms with Gasteiger partial charge >= 0.3 is 0 Å². The summed E-state index contributed by atoms with van der Waals surface area (Å²) in [7, 11) is 0. The van der Waals surface area contributed by atoms with Crippen molar-refractivity contribution in [3.05, 3.63) is 30.1 Å². The number of likely N-dealkylation sites (tertiary alicyclic amines) is 2. The number of piperidine rings is 2. The van der Waals surface area contributed by atoms with Crippen LogP contribution in [0.5, 0.6) is 0 Å². The summed E-state index contributed by atoms with van der Waals surface area (Å²) in [6.07, 6.45) is 6.68. The highest BCUT2D eigenvalue weighted by molar-refractivity contribution is 5.77. The normalized spacial score (nSPS) is 24.3. The molecule has 1 aromatic rings. The largest absolute Gasteiger partial charge is 0.394 e. The minimum Gasteiger partial charge on any atom is -0.394 e. The summed E-state index contributed by atoms with van der Waals surface area (Å²) in [6, 6.07) is 5.95. The van der Waals surface area contributed by atoms with Gasteiger partial charge in [0.05, 0.1) is 19.8 Å². The van der Waals surface area contributed by atoms with E-state index in [1.807, 2.05) is 24.4 Å². The van der Waals surface area contributed by atoms with E-state index in [9.17, 15) is 4.79 Å². The van der Waals surface area contributed by atoms with Gasteiger partial charge in [-0.1, -0.05) is 6.07 Å². The lowest BCUT2D eigenvalue weighted by atomic mass is 9.73. The highest BCUT2D eigenvalue weighted by Crippen LogP contribution is 2.38. The molecule has 0 aromatic carbocycles. The molecule has 0 radical (unpaired) electrons. The summed E-state index contributed by atoms with van der Waals surface area (Å²) in [4.78, 5) is 21.3. The summed E-state index contributed by atoms with van der Waals surface area (Å²) in [5, 5.41) is 8.81. The monoisotopic (exact) mass is 361 g/mol. The van der Waals surface area contributed by atoms with E-state index in [4.69, 9.17) is 9.84 Å². The standard InChI is InChI=1S/C20H31N3O3/c24-13-15-26-14-12-22-10-3-7-20(16-22)8-5-19(25)23(17-20)11-6-18-4-1-2-9-21-18/h1-2,4,9,24H,3,5-8,10-17H2.